The number of ether oxygens (including phenoxy) is 2. The van der Waals surface area contributed by atoms with Crippen LogP contribution in [-0.4, -0.2) is 39.0 Å². The lowest BCUT2D eigenvalue weighted by molar-refractivity contribution is -0.113. The molecule has 0 spiro atoms. The maximum atomic E-state index is 12.8. The van der Waals surface area contributed by atoms with Crippen molar-refractivity contribution in [1.29, 1.82) is 0 Å². The SMILES string of the molecule is CCOC(=O)c1c(NC(=O)CSc2nnc(COc3ccc(C(C)C)cc3)n2CC)sc2c1CCC2. The highest BCUT2D eigenvalue weighted by Crippen LogP contribution is 2.39. The van der Waals surface area contributed by atoms with E-state index in [0.29, 0.717) is 40.6 Å². The Bertz CT molecular complexity index is 1220. The second-order valence-electron chi connectivity index (χ2n) is 8.77. The number of nitrogens with one attached hydrogen (secondary N) is 1. The molecule has 4 rings (SSSR count). The summed E-state index contributed by atoms with van der Waals surface area (Å²) in [5.74, 6) is 1.54. The predicted molar refractivity (Wildman–Crippen MR) is 142 cm³/mol. The number of amides is 1. The smallest absolute Gasteiger partial charge is 0.341 e. The molecule has 1 aliphatic carbocycles. The summed E-state index contributed by atoms with van der Waals surface area (Å²) in [4.78, 5) is 26.5. The van der Waals surface area contributed by atoms with Crippen LogP contribution in [0.2, 0.25) is 0 Å². The maximum Gasteiger partial charge on any atom is 0.341 e. The number of rotatable bonds is 11. The fraction of sp³-hybridized carbons (Fsp3) is 0.462. The van der Waals surface area contributed by atoms with Crippen molar-refractivity contribution in [2.75, 3.05) is 17.7 Å². The van der Waals surface area contributed by atoms with E-state index in [9.17, 15) is 9.59 Å². The van der Waals surface area contributed by atoms with Gasteiger partial charge in [-0.1, -0.05) is 37.7 Å². The Morgan fingerprint density at radius 3 is 2.64 bits per heavy atom. The second-order valence-corrected chi connectivity index (χ2v) is 10.8. The molecule has 1 aromatic carbocycles. The first-order valence-corrected chi connectivity index (χ1v) is 14.1. The molecule has 10 heteroatoms. The lowest BCUT2D eigenvalue weighted by Gasteiger charge is -2.10. The van der Waals surface area contributed by atoms with E-state index >= 15 is 0 Å². The van der Waals surface area contributed by atoms with Gasteiger partial charge in [-0.15, -0.1) is 21.5 Å². The highest BCUT2D eigenvalue weighted by atomic mass is 32.2. The van der Waals surface area contributed by atoms with E-state index in [0.717, 1.165) is 35.5 Å². The maximum absolute atomic E-state index is 12.8. The monoisotopic (exact) mass is 528 g/mol. The molecule has 192 valence electrons. The summed E-state index contributed by atoms with van der Waals surface area (Å²) in [5, 5.41) is 12.7. The highest BCUT2D eigenvalue weighted by Gasteiger charge is 2.28. The summed E-state index contributed by atoms with van der Waals surface area (Å²) in [6.07, 6.45) is 2.81. The van der Waals surface area contributed by atoms with E-state index in [1.165, 1.54) is 28.7 Å². The Morgan fingerprint density at radius 1 is 1.17 bits per heavy atom. The second kappa shape index (κ2) is 11.9. The van der Waals surface area contributed by atoms with Crippen molar-refractivity contribution in [2.24, 2.45) is 0 Å². The fourth-order valence-corrected chi connectivity index (χ4v) is 6.27. The third-order valence-electron chi connectivity index (χ3n) is 6.01. The average Bonchev–Trinajstić information content (AvgIpc) is 3.56. The average molecular weight is 529 g/mol. The Kier molecular flexibility index (Phi) is 8.68. The first kappa shape index (κ1) is 26.2. The van der Waals surface area contributed by atoms with E-state index in [4.69, 9.17) is 9.47 Å². The van der Waals surface area contributed by atoms with Crippen LogP contribution in [-0.2, 0) is 35.5 Å². The number of fused-ring (bicyclic) bond motifs is 1. The molecule has 1 N–H and O–H groups in total. The summed E-state index contributed by atoms with van der Waals surface area (Å²) in [5.41, 5.74) is 2.80. The van der Waals surface area contributed by atoms with E-state index in [-0.39, 0.29) is 24.2 Å². The molecule has 36 heavy (non-hydrogen) atoms. The highest BCUT2D eigenvalue weighted by molar-refractivity contribution is 7.99. The first-order valence-electron chi connectivity index (χ1n) is 12.3. The molecule has 1 aliphatic rings. The van der Waals surface area contributed by atoms with Crippen molar-refractivity contribution in [2.45, 2.75) is 71.2 Å². The van der Waals surface area contributed by atoms with E-state index in [1.807, 2.05) is 23.6 Å². The standard InChI is InChI=1S/C26H32N4O4S2/c1-5-30-21(14-34-18-12-10-17(11-13-18)16(3)4)28-29-26(30)35-15-22(31)27-24-23(25(32)33-6-2)19-8-7-9-20(19)36-24/h10-13,16H,5-9,14-15H2,1-4H3,(H,27,31). The Labute approximate surface area is 219 Å². The number of aryl methyl sites for hydroxylation is 1. The van der Waals surface area contributed by atoms with Gasteiger partial charge in [0, 0.05) is 11.4 Å². The van der Waals surface area contributed by atoms with Gasteiger partial charge in [0.25, 0.3) is 0 Å². The number of hydrogen-bond acceptors (Lipinski definition) is 8. The number of nitrogens with zero attached hydrogens (tertiary/aromatic N) is 3. The number of esters is 1. The van der Waals surface area contributed by atoms with Crippen LogP contribution in [0.1, 0.15) is 72.2 Å². The van der Waals surface area contributed by atoms with Crippen molar-refractivity contribution in [3.63, 3.8) is 0 Å². The molecule has 0 bridgehead atoms. The predicted octanol–water partition coefficient (Wildman–Crippen LogP) is 5.46. The number of carbonyl (C=O) groups is 2. The van der Waals surface area contributed by atoms with Gasteiger partial charge in [-0.05, 0) is 62.3 Å². The minimum Gasteiger partial charge on any atom is -0.486 e. The minimum atomic E-state index is -0.367. The fourth-order valence-electron chi connectivity index (χ4n) is 4.15. The van der Waals surface area contributed by atoms with Crippen molar-refractivity contribution in [3.8, 4) is 5.75 Å². The molecule has 0 saturated carbocycles. The normalized spacial score (nSPS) is 12.6. The van der Waals surface area contributed by atoms with Crippen LogP contribution >= 0.6 is 23.1 Å². The molecule has 0 aliphatic heterocycles. The van der Waals surface area contributed by atoms with Crippen LogP contribution < -0.4 is 10.1 Å². The summed E-state index contributed by atoms with van der Waals surface area (Å²) < 4.78 is 13.1. The molecule has 2 aromatic heterocycles. The number of anilines is 1. The van der Waals surface area contributed by atoms with Gasteiger partial charge in [0.05, 0.1) is 17.9 Å². The summed E-state index contributed by atoms with van der Waals surface area (Å²) >= 11 is 2.79. The number of hydrogen-bond donors (Lipinski definition) is 1. The number of thioether (sulfide) groups is 1. The van der Waals surface area contributed by atoms with Crippen LogP contribution in [0.25, 0.3) is 0 Å². The number of thiophene rings is 1. The van der Waals surface area contributed by atoms with Gasteiger partial charge in [0.2, 0.25) is 5.91 Å². The third-order valence-corrected chi connectivity index (χ3v) is 8.18. The Balaban J connectivity index is 1.36. The van der Waals surface area contributed by atoms with Crippen molar-refractivity contribution in [3.05, 3.63) is 51.7 Å². The minimum absolute atomic E-state index is 0.153. The van der Waals surface area contributed by atoms with Gasteiger partial charge in [0.15, 0.2) is 11.0 Å². The van der Waals surface area contributed by atoms with Crippen LogP contribution in [0, 0.1) is 0 Å². The Hall–Kier alpha value is -2.85. The molecular formula is C26H32N4O4S2. The molecule has 1 amide bonds. The molecular weight excluding hydrogens is 496 g/mol. The Morgan fingerprint density at radius 2 is 1.94 bits per heavy atom. The number of benzene rings is 1. The molecule has 2 heterocycles. The summed E-state index contributed by atoms with van der Waals surface area (Å²) in [6, 6.07) is 8.07. The zero-order valence-electron chi connectivity index (χ0n) is 21.1. The van der Waals surface area contributed by atoms with E-state index in [1.54, 1.807) is 6.92 Å². The molecule has 8 nitrogen and oxygen atoms in total. The zero-order valence-corrected chi connectivity index (χ0v) is 22.8. The summed E-state index contributed by atoms with van der Waals surface area (Å²) in [7, 11) is 0. The zero-order chi connectivity index (χ0) is 25.7. The van der Waals surface area contributed by atoms with E-state index < -0.39 is 0 Å². The van der Waals surface area contributed by atoms with Crippen LogP contribution in [0.4, 0.5) is 5.00 Å². The van der Waals surface area contributed by atoms with Crippen molar-refractivity contribution >= 4 is 40.0 Å². The van der Waals surface area contributed by atoms with Gasteiger partial charge in [0.1, 0.15) is 17.4 Å². The molecule has 3 aromatic rings. The van der Waals surface area contributed by atoms with E-state index in [2.05, 4.69) is 41.5 Å². The third kappa shape index (κ3) is 5.92. The lowest BCUT2D eigenvalue weighted by atomic mass is 10.0. The lowest BCUT2D eigenvalue weighted by Crippen LogP contribution is -2.17. The van der Waals surface area contributed by atoms with Gasteiger partial charge in [-0.2, -0.15) is 0 Å². The van der Waals surface area contributed by atoms with Crippen molar-refractivity contribution in [1.82, 2.24) is 14.8 Å². The largest absolute Gasteiger partial charge is 0.486 e. The van der Waals surface area contributed by atoms with Crippen LogP contribution in [0.3, 0.4) is 0 Å². The number of aromatic nitrogens is 3. The topological polar surface area (TPSA) is 95.3 Å². The van der Waals surface area contributed by atoms with Gasteiger partial charge in [-0.25, -0.2) is 4.79 Å². The van der Waals surface area contributed by atoms with Crippen molar-refractivity contribution < 1.29 is 19.1 Å². The molecule has 0 saturated heterocycles. The molecule has 0 fully saturated rings. The van der Waals surface area contributed by atoms with Gasteiger partial charge in [-0.3, -0.25) is 4.79 Å². The molecule has 0 atom stereocenters. The quantitative estimate of drug-likeness (QED) is 0.261. The van der Waals surface area contributed by atoms with Crippen LogP contribution in [0.15, 0.2) is 29.4 Å². The van der Waals surface area contributed by atoms with Gasteiger partial charge >= 0.3 is 5.97 Å². The molecule has 0 unspecified atom stereocenters. The molecule has 0 radical (unpaired) electrons. The first-order chi connectivity index (χ1) is 17.4. The van der Waals surface area contributed by atoms with Gasteiger partial charge < -0.3 is 19.4 Å². The number of carbonyl (C=O) groups excluding carboxylic acids is 2. The summed E-state index contributed by atoms with van der Waals surface area (Å²) in [6.45, 7) is 9.35. The van der Waals surface area contributed by atoms with Crippen LogP contribution in [0.5, 0.6) is 5.75 Å².